The molecule has 3 aliphatic heterocycles. The molecule has 8 nitrogen and oxygen atoms in total. The number of ether oxygens (including phenoxy) is 1. The number of hydrogen-bond acceptors (Lipinski definition) is 5. The van der Waals surface area contributed by atoms with Crippen molar-refractivity contribution in [3.05, 3.63) is 51.8 Å². The third-order valence-electron chi connectivity index (χ3n) is 6.66. The van der Waals surface area contributed by atoms with Crippen molar-refractivity contribution in [1.29, 1.82) is 0 Å². The summed E-state index contributed by atoms with van der Waals surface area (Å²) in [5, 5.41) is 7.83. The molecule has 1 aromatic heterocycles. The van der Waals surface area contributed by atoms with Crippen molar-refractivity contribution in [3.63, 3.8) is 0 Å². The van der Waals surface area contributed by atoms with E-state index in [0.717, 1.165) is 25.1 Å². The molecular weight excluding hydrogens is 487 g/mol. The molecule has 0 saturated carbocycles. The van der Waals surface area contributed by atoms with Crippen molar-refractivity contribution >= 4 is 23.6 Å². The van der Waals surface area contributed by atoms with E-state index >= 15 is 0 Å². The molecule has 35 heavy (non-hydrogen) atoms. The van der Waals surface area contributed by atoms with Gasteiger partial charge < -0.3 is 19.9 Å². The minimum absolute atomic E-state index is 0.0840. The standard InChI is InChI=1S/C23H25ClF3N5O3/c24-17-5-14(4-16(7-17)23(25,26)27)13-35-22(34)30-2-1-3-32-19(12-30)8-20(29-32)21(33)31-10-15-6-18(11-31)28-9-15/h4-5,7-8,15,18,28H,1-3,6,9-13H2. The topological polar surface area (TPSA) is 79.7 Å². The van der Waals surface area contributed by atoms with Crippen LogP contribution in [0, 0.1) is 5.92 Å². The highest BCUT2D eigenvalue weighted by Crippen LogP contribution is 2.32. The van der Waals surface area contributed by atoms with Crippen molar-refractivity contribution in [2.24, 2.45) is 5.92 Å². The fourth-order valence-electron chi connectivity index (χ4n) is 5.02. The summed E-state index contributed by atoms with van der Waals surface area (Å²) in [6.45, 7) is 3.09. The van der Waals surface area contributed by atoms with Crippen LogP contribution in [0.2, 0.25) is 5.02 Å². The fourth-order valence-corrected chi connectivity index (χ4v) is 5.27. The molecule has 5 rings (SSSR count). The lowest BCUT2D eigenvalue weighted by atomic mass is 10.00. The van der Waals surface area contributed by atoms with E-state index in [1.165, 1.54) is 11.0 Å². The number of nitrogens with one attached hydrogen (secondary N) is 1. The van der Waals surface area contributed by atoms with Gasteiger partial charge in [-0.25, -0.2) is 4.79 Å². The minimum atomic E-state index is -4.55. The number of rotatable bonds is 3. The summed E-state index contributed by atoms with van der Waals surface area (Å²) in [6.07, 6.45) is -3.51. The first-order chi connectivity index (χ1) is 16.7. The number of benzene rings is 1. The van der Waals surface area contributed by atoms with E-state index in [1.807, 2.05) is 4.90 Å². The van der Waals surface area contributed by atoms with Crippen LogP contribution in [-0.2, 0) is 30.6 Å². The Morgan fingerprint density at radius 3 is 2.74 bits per heavy atom. The zero-order valence-electron chi connectivity index (χ0n) is 18.9. The van der Waals surface area contributed by atoms with Crippen LogP contribution in [0.15, 0.2) is 24.3 Å². The van der Waals surface area contributed by atoms with Gasteiger partial charge in [0.05, 0.1) is 17.8 Å². The number of piperidine rings is 1. The van der Waals surface area contributed by atoms with Crippen LogP contribution < -0.4 is 5.32 Å². The second-order valence-corrected chi connectivity index (χ2v) is 9.77. The van der Waals surface area contributed by atoms with Gasteiger partial charge in [-0.3, -0.25) is 9.48 Å². The van der Waals surface area contributed by atoms with Crippen molar-refractivity contribution in [3.8, 4) is 0 Å². The Bertz CT molecular complexity index is 1130. The van der Waals surface area contributed by atoms with Gasteiger partial charge in [0.25, 0.3) is 5.91 Å². The smallest absolute Gasteiger partial charge is 0.416 e. The number of amides is 2. The van der Waals surface area contributed by atoms with E-state index in [9.17, 15) is 22.8 Å². The summed E-state index contributed by atoms with van der Waals surface area (Å²) in [6, 6.07) is 5.12. The van der Waals surface area contributed by atoms with Gasteiger partial charge in [-0.05, 0) is 48.6 Å². The first-order valence-electron chi connectivity index (χ1n) is 11.5. The van der Waals surface area contributed by atoms with Gasteiger partial charge in [-0.2, -0.15) is 18.3 Å². The first kappa shape index (κ1) is 23.9. The molecule has 2 bridgehead atoms. The summed E-state index contributed by atoms with van der Waals surface area (Å²) >= 11 is 5.81. The fraction of sp³-hybridized carbons (Fsp3) is 0.522. The Labute approximate surface area is 204 Å². The van der Waals surface area contributed by atoms with Crippen LogP contribution in [0.5, 0.6) is 0 Å². The van der Waals surface area contributed by atoms with Crippen molar-refractivity contribution in [1.82, 2.24) is 24.9 Å². The Balaban J connectivity index is 1.23. The molecule has 2 atom stereocenters. The number of hydrogen-bond donors (Lipinski definition) is 1. The average Bonchev–Trinajstić information content (AvgIpc) is 3.30. The van der Waals surface area contributed by atoms with Gasteiger partial charge >= 0.3 is 12.3 Å². The second-order valence-electron chi connectivity index (χ2n) is 9.34. The van der Waals surface area contributed by atoms with Gasteiger partial charge in [0.15, 0.2) is 5.69 Å². The minimum Gasteiger partial charge on any atom is -0.445 e. The van der Waals surface area contributed by atoms with Crippen LogP contribution in [0.4, 0.5) is 18.0 Å². The van der Waals surface area contributed by atoms with Crippen LogP contribution in [0.1, 0.15) is 40.2 Å². The summed E-state index contributed by atoms with van der Waals surface area (Å²) < 4.78 is 46.1. The van der Waals surface area contributed by atoms with Crippen molar-refractivity contribution in [2.75, 3.05) is 26.2 Å². The third-order valence-corrected chi connectivity index (χ3v) is 6.88. The van der Waals surface area contributed by atoms with Crippen LogP contribution in [-0.4, -0.2) is 63.8 Å². The normalized spacial score (nSPS) is 22.1. The third kappa shape index (κ3) is 5.25. The molecule has 0 radical (unpaired) electrons. The highest BCUT2D eigenvalue weighted by Gasteiger charge is 2.36. The highest BCUT2D eigenvalue weighted by atomic mass is 35.5. The van der Waals surface area contributed by atoms with Crippen molar-refractivity contribution in [2.45, 2.75) is 44.8 Å². The predicted octanol–water partition coefficient (Wildman–Crippen LogP) is 3.53. The Morgan fingerprint density at radius 2 is 1.97 bits per heavy atom. The largest absolute Gasteiger partial charge is 0.445 e. The molecule has 0 spiro atoms. The van der Waals surface area contributed by atoms with E-state index in [-0.39, 0.29) is 29.6 Å². The maximum Gasteiger partial charge on any atom is 0.416 e. The number of nitrogens with zero attached hydrogens (tertiary/aromatic N) is 4. The molecule has 2 saturated heterocycles. The van der Waals surface area contributed by atoms with Crippen molar-refractivity contribution < 1.29 is 27.5 Å². The molecule has 2 aromatic rings. The molecule has 188 valence electrons. The summed E-state index contributed by atoms with van der Waals surface area (Å²) in [7, 11) is 0. The summed E-state index contributed by atoms with van der Waals surface area (Å²) in [5.74, 6) is 0.356. The molecule has 2 fully saturated rings. The molecule has 0 aliphatic carbocycles. The number of alkyl halides is 3. The van der Waals surface area contributed by atoms with E-state index in [0.29, 0.717) is 55.9 Å². The Morgan fingerprint density at radius 1 is 1.14 bits per heavy atom. The van der Waals surface area contributed by atoms with Gasteiger partial charge in [-0.1, -0.05) is 11.6 Å². The zero-order valence-corrected chi connectivity index (χ0v) is 19.6. The first-order valence-corrected chi connectivity index (χ1v) is 11.9. The zero-order chi connectivity index (χ0) is 24.7. The van der Waals surface area contributed by atoms with E-state index in [4.69, 9.17) is 16.3 Å². The lowest BCUT2D eigenvalue weighted by molar-refractivity contribution is -0.137. The average molecular weight is 512 g/mol. The molecule has 12 heteroatoms. The van der Waals surface area contributed by atoms with Gasteiger partial charge in [0.1, 0.15) is 6.61 Å². The maximum atomic E-state index is 13.0. The molecule has 1 N–H and O–H groups in total. The molecule has 2 amide bonds. The van der Waals surface area contributed by atoms with Gasteiger partial charge in [0, 0.05) is 43.8 Å². The Hall–Kier alpha value is -2.79. The van der Waals surface area contributed by atoms with Crippen LogP contribution in [0.25, 0.3) is 0 Å². The van der Waals surface area contributed by atoms with Crippen LogP contribution in [0.3, 0.4) is 0 Å². The molecule has 3 aliphatic rings. The second kappa shape index (κ2) is 9.34. The highest BCUT2D eigenvalue weighted by molar-refractivity contribution is 6.30. The van der Waals surface area contributed by atoms with E-state index in [2.05, 4.69) is 10.4 Å². The Kier molecular flexibility index (Phi) is 6.39. The van der Waals surface area contributed by atoms with Gasteiger partial charge in [-0.15, -0.1) is 0 Å². The molecule has 1 aromatic carbocycles. The van der Waals surface area contributed by atoms with E-state index < -0.39 is 17.8 Å². The summed E-state index contributed by atoms with van der Waals surface area (Å²) in [5.41, 5.74) is 0.318. The van der Waals surface area contributed by atoms with Gasteiger partial charge in [0.2, 0.25) is 0 Å². The SMILES string of the molecule is O=C(OCc1cc(Cl)cc(C(F)(F)F)c1)N1CCCn2nc(C(=O)N3CC4CNC(C4)C3)cc2C1. The van der Waals surface area contributed by atoms with E-state index in [1.54, 1.807) is 10.7 Å². The number of carbonyl (C=O) groups excluding carboxylic acids is 2. The lowest BCUT2D eigenvalue weighted by Gasteiger charge is -2.30. The predicted molar refractivity (Wildman–Crippen MR) is 120 cm³/mol. The quantitative estimate of drug-likeness (QED) is 0.682. The molecule has 2 unspecified atom stereocenters. The molecular formula is C23H25ClF3N5O3. The number of halogens is 4. The summed E-state index contributed by atoms with van der Waals surface area (Å²) in [4.78, 5) is 29.1. The number of fused-ring (bicyclic) bond motifs is 3. The number of aryl methyl sites for hydroxylation is 1. The maximum absolute atomic E-state index is 13.0. The van der Waals surface area contributed by atoms with Crippen LogP contribution >= 0.6 is 11.6 Å². The lowest BCUT2D eigenvalue weighted by Crippen LogP contribution is -2.44. The number of likely N-dealkylation sites (tertiary alicyclic amines) is 1. The number of aromatic nitrogens is 2. The number of carbonyl (C=O) groups is 2. The molecule has 4 heterocycles. The monoisotopic (exact) mass is 511 g/mol.